The van der Waals surface area contributed by atoms with Crippen molar-refractivity contribution in [2.75, 3.05) is 0 Å². The second kappa shape index (κ2) is 8.00. The van der Waals surface area contributed by atoms with Crippen molar-refractivity contribution in [3.63, 3.8) is 0 Å². The monoisotopic (exact) mass is 451 g/mol. The van der Waals surface area contributed by atoms with Crippen LogP contribution in [-0.4, -0.2) is 0 Å². The molecule has 0 bridgehead atoms. The lowest BCUT2D eigenvalue weighted by Gasteiger charge is -2.07. The van der Waals surface area contributed by atoms with Crippen molar-refractivity contribution in [1.29, 1.82) is 0 Å². The summed E-state index contributed by atoms with van der Waals surface area (Å²) in [5, 5.41) is 2.57. The standard InChI is InChI=1S/C24H22N.HI/c1-3-18-12-14-19(15-13-18)16-17-20-21-8-4-6-10-23(21)25(2)24-11-7-5-9-22(20)24;/h4-17H,3H2,1-2H3;1H/q+1;/p-1/b17-16+;. The van der Waals surface area contributed by atoms with Gasteiger partial charge in [-0.25, -0.2) is 0 Å². The van der Waals surface area contributed by atoms with E-state index in [1.165, 1.54) is 38.5 Å². The van der Waals surface area contributed by atoms with Crippen LogP contribution in [0.3, 0.4) is 0 Å². The third-order valence-electron chi connectivity index (χ3n) is 4.94. The van der Waals surface area contributed by atoms with Gasteiger partial charge >= 0.3 is 0 Å². The molecule has 4 rings (SSSR count). The Morgan fingerprint density at radius 2 is 1.27 bits per heavy atom. The van der Waals surface area contributed by atoms with E-state index in [1.807, 2.05) is 0 Å². The van der Waals surface area contributed by atoms with Gasteiger partial charge in [0, 0.05) is 17.7 Å². The maximum atomic E-state index is 2.28. The van der Waals surface area contributed by atoms with Crippen LogP contribution in [-0.2, 0) is 13.5 Å². The lowest BCUT2D eigenvalue weighted by atomic mass is 10.0. The number of aryl methyl sites for hydroxylation is 2. The van der Waals surface area contributed by atoms with Crippen molar-refractivity contribution in [1.82, 2.24) is 0 Å². The van der Waals surface area contributed by atoms with Crippen LogP contribution in [0.2, 0.25) is 0 Å². The SMILES string of the molecule is CCc1ccc(/C=C/c2c3ccccc3[n+](C)c3ccccc23)cc1.[I-]. The zero-order chi connectivity index (χ0) is 17.2. The van der Waals surface area contributed by atoms with Crippen LogP contribution in [0.5, 0.6) is 0 Å². The van der Waals surface area contributed by atoms with Crippen LogP contribution < -0.4 is 28.5 Å². The lowest BCUT2D eigenvalue weighted by Crippen LogP contribution is -3.00. The van der Waals surface area contributed by atoms with E-state index < -0.39 is 0 Å². The van der Waals surface area contributed by atoms with Gasteiger partial charge in [-0.15, -0.1) is 0 Å². The fourth-order valence-electron chi connectivity index (χ4n) is 3.49. The molecule has 4 aromatic rings. The Morgan fingerprint density at radius 3 is 1.81 bits per heavy atom. The van der Waals surface area contributed by atoms with E-state index in [-0.39, 0.29) is 24.0 Å². The summed E-state index contributed by atoms with van der Waals surface area (Å²) in [6.07, 6.45) is 5.55. The molecule has 0 aliphatic rings. The van der Waals surface area contributed by atoms with Crippen molar-refractivity contribution in [2.45, 2.75) is 13.3 Å². The van der Waals surface area contributed by atoms with Gasteiger partial charge in [-0.05, 0) is 29.7 Å². The molecule has 1 nitrogen and oxygen atoms in total. The molecule has 0 saturated heterocycles. The van der Waals surface area contributed by atoms with E-state index in [4.69, 9.17) is 0 Å². The molecule has 0 atom stereocenters. The summed E-state index contributed by atoms with van der Waals surface area (Å²) in [5.41, 5.74) is 6.40. The molecule has 0 unspecified atom stereocenters. The van der Waals surface area contributed by atoms with Crippen LogP contribution in [0.25, 0.3) is 34.0 Å². The van der Waals surface area contributed by atoms with Crippen LogP contribution in [0.4, 0.5) is 0 Å². The van der Waals surface area contributed by atoms with Gasteiger partial charge in [0.25, 0.3) is 0 Å². The zero-order valence-electron chi connectivity index (χ0n) is 15.1. The minimum atomic E-state index is 0. The van der Waals surface area contributed by atoms with Crippen LogP contribution in [0.1, 0.15) is 23.6 Å². The first-order chi connectivity index (χ1) is 12.3. The Hall–Kier alpha value is -2.20. The number of hydrogen-bond donors (Lipinski definition) is 0. The Balaban J connectivity index is 0.00000196. The van der Waals surface area contributed by atoms with Gasteiger partial charge in [0.2, 0.25) is 11.0 Å². The number of aromatic nitrogens is 1. The molecule has 26 heavy (non-hydrogen) atoms. The average molecular weight is 451 g/mol. The highest BCUT2D eigenvalue weighted by atomic mass is 127. The first kappa shape index (κ1) is 18.6. The maximum absolute atomic E-state index is 2.28. The van der Waals surface area contributed by atoms with Gasteiger partial charge in [0.15, 0.2) is 0 Å². The van der Waals surface area contributed by atoms with E-state index in [9.17, 15) is 0 Å². The Morgan fingerprint density at radius 1 is 0.731 bits per heavy atom. The molecule has 0 radical (unpaired) electrons. The highest BCUT2D eigenvalue weighted by Crippen LogP contribution is 2.26. The minimum Gasteiger partial charge on any atom is -1.00 e. The van der Waals surface area contributed by atoms with E-state index in [0.29, 0.717) is 0 Å². The highest BCUT2D eigenvalue weighted by Gasteiger charge is 2.15. The quantitative estimate of drug-likeness (QED) is 0.256. The molecule has 0 aliphatic carbocycles. The number of benzene rings is 3. The molecule has 0 fully saturated rings. The second-order valence-corrected chi connectivity index (χ2v) is 6.44. The minimum absolute atomic E-state index is 0. The fraction of sp³-hybridized carbons (Fsp3) is 0.125. The number of hydrogen-bond acceptors (Lipinski definition) is 0. The summed E-state index contributed by atoms with van der Waals surface area (Å²) in [5.74, 6) is 0. The third-order valence-corrected chi connectivity index (χ3v) is 4.94. The van der Waals surface area contributed by atoms with Gasteiger partial charge in [0.05, 0.1) is 10.8 Å². The Bertz CT molecular complexity index is 1020. The first-order valence-corrected chi connectivity index (χ1v) is 8.84. The van der Waals surface area contributed by atoms with Gasteiger partial charge in [-0.1, -0.05) is 67.6 Å². The van der Waals surface area contributed by atoms with Crippen LogP contribution in [0, 0.1) is 0 Å². The van der Waals surface area contributed by atoms with Crippen molar-refractivity contribution in [3.05, 3.63) is 89.5 Å². The summed E-state index contributed by atoms with van der Waals surface area (Å²) in [6, 6.07) is 26.1. The predicted octanol–water partition coefficient (Wildman–Crippen LogP) is 2.55. The predicted molar refractivity (Wildman–Crippen MR) is 107 cm³/mol. The molecular formula is C24H22IN. The van der Waals surface area contributed by atoms with Crippen LogP contribution in [0.15, 0.2) is 72.8 Å². The van der Waals surface area contributed by atoms with Crippen molar-refractivity contribution >= 4 is 34.0 Å². The number of rotatable bonds is 3. The van der Waals surface area contributed by atoms with Crippen molar-refractivity contribution in [3.8, 4) is 0 Å². The number of pyridine rings is 1. The summed E-state index contributed by atoms with van der Waals surface area (Å²) >= 11 is 0. The molecule has 0 saturated carbocycles. The highest BCUT2D eigenvalue weighted by molar-refractivity contribution is 6.01. The average Bonchev–Trinajstić information content (AvgIpc) is 2.68. The van der Waals surface area contributed by atoms with Crippen molar-refractivity contribution in [2.24, 2.45) is 7.05 Å². The molecule has 1 heterocycles. The lowest BCUT2D eigenvalue weighted by molar-refractivity contribution is -0.617. The van der Waals surface area contributed by atoms with Crippen LogP contribution >= 0.6 is 0 Å². The topological polar surface area (TPSA) is 3.88 Å². The summed E-state index contributed by atoms with van der Waals surface area (Å²) in [4.78, 5) is 0. The molecule has 0 amide bonds. The molecular weight excluding hydrogens is 429 g/mol. The van der Waals surface area contributed by atoms with E-state index >= 15 is 0 Å². The van der Waals surface area contributed by atoms with E-state index in [0.717, 1.165) is 6.42 Å². The van der Waals surface area contributed by atoms with E-state index in [2.05, 4.69) is 103 Å². The Kier molecular flexibility index (Phi) is 5.72. The number of halogens is 1. The molecule has 0 spiro atoms. The maximum Gasteiger partial charge on any atom is 0.213 e. The van der Waals surface area contributed by atoms with Gasteiger partial charge in [-0.3, -0.25) is 0 Å². The molecule has 2 heteroatoms. The summed E-state index contributed by atoms with van der Waals surface area (Å²) in [7, 11) is 2.14. The first-order valence-electron chi connectivity index (χ1n) is 8.84. The molecule has 0 N–H and O–H groups in total. The number of para-hydroxylation sites is 2. The molecule has 3 aromatic carbocycles. The smallest absolute Gasteiger partial charge is 0.213 e. The molecule has 130 valence electrons. The Labute approximate surface area is 172 Å². The molecule has 0 aliphatic heterocycles. The third kappa shape index (κ3) is 3.38. The van der Waals surface area contributed by atoms with Gasteiger partial charge in [-0.2, -0.15) is 4.57 Å². The largest absolute Gasteiger partial charge is 1.00 e. The second-order valence-electron chi connectivity index (χ2n) is 6.44. The van der Waals surface area contributed by atoms with E-state index in [1.54, 1.807) is 0 Å². The summed E-state index contributed by atoms with van der Waals surface area (Å²) < 4.78 is 2.28. The zero-order valence-corrected chi connectivity index (χ0v) is 17.3. The molecule has 1 aromatic heterocycles. The fourth-order valence-corrected chi connectivity index (χ4v) is 3.49. The number of nitrogens with zero attached hydrogens (tertiary/aromatic N) is 1. The van der Waals surface area contributed by atoms with Gasteiger partial charge < -0.3 is 24.0 Å². The van der Waals surface area contributed by atoms with Crippen molar-refractivity contribution < 1.29 is 28.5 Å². The van der Waals surface area contributed by atoms with Gasteiger partial charge in [0.1, 0.15) is 7.05 Å². The number of fused-ring (bicyclic) bond motifs is 2. The summed E-state index contributed by atoms with van der Waals surface area (Å²) in [6.45, 7) is 2.19. The normalized spacial score (nSPS) is 11.2.